The summed E-state index contributed by atoms with van der Waals surface area (Å²) in [6, 6.07) is 11.7. The fraction of sp³-hybridized carbons (Fsp3) is 0.696. The molecule has 0 radical (unpaired) electrons. The highest BCUT2D eigenvalue weighted by Gasteiger charge is 2.30. The van der Waals surface area contributed by atoms with Crippen molar-refractivity contribution in [2.75, 3.05) is 53.0 Å². The number of hydrogen-bond donors (Lipinski definition) is 1. The summed E-state index contributed by atoms with van der Waals surface area (Å²) in [7, 11) is 1.93. The van der Waals surface area contributed by atoms with Gasteiger partial charge in [0.2, 0.25) is 0 Å². The zero-order valence-electron chi connectivity index (χ0n) is 17.4. The summed E-state index contributed by atoms with van der Waals surface area (Å²) in [5, 5.41) is 3.69. The van der Waals surface area contributed by atoms with Gasteiger partial charge in [-0.3, -0.25) is 9.89 Å². The first-order chi connectivity index (χ1) is 13.8. The molecular formula is C23H36N4O. The summed E-state index contributed by atoms with van der Waals surface area (Å²) in [4.78, 5) is 9.64. The monoisotopic (exact) mass is 384 g/mol. The first-order valence-corrected chi connectivity index (χ1v) is 11.2. The predicted molar refractivity (Wildman–Crippen MR) is 115 cm³/mol. The molecule has 0 amide bonds. The van der Waals surface area contributed by atoms with Crippen LogP contribution in [0.3, 0.4) is 0 Å². The average molecular weight is 385 g/mol. The fourth-order valence-electron chi connectivity index (χ4n) is 5.17. The number of guanidine groups is 1. The van der Waals surface area contributed by atoms with Crippen molar-refractivity contribution in [3.63, 3.8) is 0 Å². The maximum absolute atomic E-state index is 5.50. The molecule has 1 aromatic rings. The van der Waals surface area contributed by atoms with E-state index in [9.17, 15) is 0 Å². The molecule has 1 unspecified atom stereocenters. The highest BCUT2D eigenvalue weighted by Crippen LogP contribution is 2.35. The van der Waals surface area contributed by atoms with Crippen molar-refractivity contribution in [3.05, 3.63) is 35.9 Å². The van der Waals surface area contributed by atoms with Crippen LogP contribution in [0.15, 0.2) is 35.3 Å². The molecule has 1 N–H and O–H groups in total. The van der Waals surface area contributed by atoms with Gasteiger partial charge in [-0.25, -0.2) is 0 Å². The zero-order chi connectivity index (χ0) is 19.2. The van der Waals surface area contributed by atoms with Crippen molar-refractivity contribution >= 4 is 5.96 Å². The minimum Gasteiger partial charge on any atom is -0.379 e. The largest absolute Gasteiger partial charge is 0.379 e. The molecule has 3 aliphatic rings. The van der Waals surface area contributed by atoms with E-state index < -0.39 is 0 Å². The molecule has 2 heterocycles. The summed E-state index contributed by atoms with van der Waals surface area (Å²) in [6.07, 6.45) is 6.51. The third kappa shape index (κ3) is 4.87. The second kappa shape index (κ2) is 9.75. The van der Waals surface area contributed by atoms with Gasteiger partial charge in [-0.1, -0.05) is 30.3 Å². The van der Waals surface area contributed by atoms with Crippen LogP contribution in [0, 0.1) is 5.92 Å². The lowest BCUT2D eigenvalue weighted by Crippen LogP contribution is -2.47. The van der Waals surface area contributed by atoms with Crippen LogP contribution in [0.4, 0.5) is 0 Å². The molecule has 0 bridgehead atoms. The highest BCUT2D eigenvalue weighted by atomic mass is 16.5. The molecule has 0 spiro atoms. The van der Waals surface area contributed by atoms with Crippen LogP contribution in [0.5, 0.6) is 0 Å². The Bertz CT molecular complexity index is 621. The summed E-state index contributed by atoms with van der Waals surface area (Å²) < 4.78 is 5.50. The zero-order valence-corrected chi connectivity index (χ0v) is 17.4. The normalized spacial score (nSPS) is 29.8. The van der Waals surface area contributed by atoms with Gasteiger partial charge in [-0.05, 0) is 49.5 Å². The highest BCUT2D eigenvalue weighted by molar-refractivity contribution is 5.80. The molecule has 5 nitrogen and oxygen atoms in total. The van der Waals surface area contributed by atoms with E-state index in [1.165, 1.54) is 37.7 Å². The van der Waals surface area contributed by atoms with Crippen LogP contribution in [0.25, 0.3) is 0 Å². The van der Waals surface area contributed by atoms with Crippen LogP contribution >= 0.6 is 0 Å². The van der Waals surface area contributed by atoms with E-state index in [4.69, 9.17) is 4.74 Å². The second-order valence-electron chi connectivity index (χ2n) is 8.59. The van der Waals surface area contributed by atoms with Gasteiger partial charge in [0.15, 0.2) is 5.96 Å². The van der Waals surface area contributed by atoms with Gasteiger partial charge in [-0.15, -0.1) is 0 Å². The van der Waals surface area contributed by atoms with Gasteiger partial charge < -0.3 is 15.0 Å². The van der Waals surface area contributed by atoms with E-state index in [0.717, 1.165) is 63.7 Å². The number of aliphatic imine (C=N–C) groups is 1. The first kappa shape index (κ1) is 19.7. The lowest BCUT2D eigenvalue weighted by atomic mass is 9.79. The number of hydrogen-bond acceptors (Lipinski definition) is 3. The Labute approximate surface area is 170 Å². The SMILES string of the molecule is CN=C(NCC1CCC(c2ccccc2)CC1)N1CCC(N2CCOCC2)C1. The maximum atomic E-state index is 5.50. The summed E-state index contributed by atoms with van der Waals surface area (Å²) in [6.45, 7) is 7.20. The molecular weight excluding hydrogens is 348 g/mol. The van der Waals surface area contributed by atoms with E-state index in [1.54, 1.807) is 0 Å². The molecule has 154 valence electrons. The Hall–Kier alpha value is -1.59. The number of nitrogens with one attached hydrogen (secondary N) is 1. The van der Waals surface area contributed by atoms with Gasteiger partial charge in [-0.2, -0.15) is 0 Å². The Morgan fingerprint density at radius 1 is 1.04 bits per heavy atom. The molecule has 4 rings (SSSR count). The number of benzene rings is 1. The summed E-state index contributed by atoms with van der Waals surface area (Å²) in [5.74, 6) is 2.62. The molecule has 1 aliphatic carbocycles. The fourth-order valence-corrected chi connectivity index (χ4v) is 5.17. The number of ether oxygens (including phenoxy) is 1. The Balaban J connectivity index is 1.21. The Morgan fingerprint density at radius 3 is 2.50 bits per heavy atom. The van der Waals surface area contributed by atoms with Crippen LogP contribution in [-0.2, 0) is 4.74 Å². The number of morpholine rings is 1. The van der Waals surface area contributed by atoms with Crippen molar-refractivity contribution in [2.45, 2.75) is 44.1 Å². The number of nitrogens with zero attached hydrogens (tertiary/aromatic N) is 3. The molecule has 1 saturated carbocycles. The van der Waals surface area contributed by atoms with Crippen molar-refractivity contribution in [3.8, 4) is 0 Å². The van der Waals surface area contributed by atoms with Crippen LogP contribution in [0.1, 0.15) is 43.6 Å². The summed E-state index contributed by atoms with van der Waals surface area (Å²) >= 11 is 0. The van der Waals surface area contributed by atoms with Crippen LogP contribution in [0.2, 0.25) is 0 Å². The summed E-state index contributed by atoms with van der Waals surface area (Å²) in [5.41, 5.74) is 1.52. The smallest absolute Gasteiger partial charge is 0.193 e. The van der Waals surface area contributed by atoms with Gasteiger partial charge in [0.25, 0.3) is 0 Å². The van der Waals surface area contributed by atoms with Gasteiger partial charge in [0.05, 0.1) is 13.2 Å². The topological polar surface area (TPSA) is 40.1 Å². The quantitative estimate of drug-likeness (QED) is 0.640. The lowest BCUT2D eigenvalue weighted by Gasteiger charge is -2.33. The average Bonchev–Trinajstić information content (AvgIpc) is 3.26. The van der Waals surface area contributed by atoms with Crippen molar-refractivity contribution < 1.29 is 4.74 Å². The van der Waals surface area contributed by atoms with Crippen LogP contribution < -0.4 is 5.32 Å². The van der Waals surface area contributed by atoms with Crippen molar-refractivity contribution in [1.29, 1.82) is 0 Å². The predicted octanol–water partition coefficient (Wildman–Crippen LogP) is 2.94. The van der Waals surface area contributed by atoms with E-state index >= 15 is 0 Å². The molecule has 2 aliphatic heterocycles. The first-order valence-electron chi connectivity index (χ1n) is 11.2. The van der Waals surface area contributed by atoms with Crippen molar-refractivity contribution in [2.24, 2.45) is 10.9 Å². The van der Waals surface area contributed by atoms with Gasteiger partial charge >= 0.3 is 0 Å². The van der Waals surface area contributed by atoms with E-state index in [1.807, 2.05) is 7.05 Å². The number of likely N-dealkylation sites (tertiary alicyclic amines) is 1. The molecule has 1 atom stereocenters. The standard InChI is InChI=1S/C23H36N4O/c1-24-23(27-12-11-22(18-27)26-13-15-28-16-14-26)25-17-19-7-9-21(10-8-19)20-5-3-2-4-6-20/h2-6,19,21-22H,7-18H2,1H3,(H,24,25). The van der Waals surface area contributed by atoms with E-state index in [0.29, 0.717) is 6.04 Å². The Morgan fingerprint density at radius 2 is 1.79 bits per heavy atom. The second-order valence-corrected chi connectivity index (χ2v) is 8.59. The lowest BCUT2D eigenvalue weighted by molar-refractivity contribution is 0.0195. The Kier molecular flexibility index (Phi) is 6.86. The maximum Gasteiger partial charge on any atom is 0.193 e. The van der Waals surface area contributed by atoms with Crippen molar-refractivity contribution in [1.82, 2.24) is 15.1 Å². The molecule has 28 heavy (non-hydrogen) atoms. The molecule has 2 saturated heterocycles. The molecule has 5 heteroatoms. The third-order valence-electron chi connectivity index (χ3n) is 6.90. The van der Waals surface area contributed by atoms with Crippen LogP contribution in [-0.4, -0.2) is 74.8 Å². The van der Waals surface area contributed by atoms with Gasteiger partial charge in [0, 0.05) is 45.8 Å². The number of rotatable bonds is 4. The molecule has 0 aromatic heterocycles. The van der Waals surface area contributed by atoms with E-state index in [-0.39, 0.29) is 0 Å². The minimum absolute atomic E-state index is 0.656. The third-order valence-corrected chi connectivity index (χ3v) is 6.90. The molecule has 3 fully saturated rings. The van der Waals surface area contributed by atoms with E-state index in [2.05, 4.69) is 50.4 Å². The molecule has 1 aromatic carbocycles. The minimum atomic E-state index is 0.656. The van der Waals surface area contributed by atoms with Gasteiger partial charge in [0.1, 0.15) is 0 Å².